The van der Waals surface area contributed by atoms with E-state index >= 15 is 0 Å². The number of rotatable bonds is 6. The first-order valence-electron chi connectivity index (χ1n) is 6.91. The van der Waals surface area contributed by atoms with Crippen molar-refractivity contribution in [2.24, 2.45) is 0 Å². The summed E-state index contributed by atoms with van der Waals surface area (Å²) in [7, 11) is 4.32. The predicted molar refractivity (Wildman–Crippen MR) is 86.6 cm³/mol. The van der Waals surface area contributed by atoms with Crippen molar-refractivity contribution in [1.29, 1.82) is 0 Å². The van der Waals surface area contributed by atoms with E-state index in [4.69, 9.17) is 30.5 Å². The van der Waals surface area contributed by atoms with Crippen LogP contribution in [0.15, 0.2) is 30.3 Å². The lowest BCUT2D eigenvalue weighted by molar-refractivity contribution is 0.0468. The van der Waals surface area contributed by atoms with Crippen LogP contribution in [0, 0.1) is 5.82 Å². The molecule has 0 N–H and O–H groups in total. The molecule has 2 aromatic rings. The van der Waals surface area contributed by atoms with Gasteiger partial charge < -0.3 is 18.9 Å². The van der Waals surface area contributed by atoms with E-state index in [-0.39, 0.29) is 28.7 Å². The number of carbonyl (C=O) groups is 1. The maximum Gasteiger partial charge on any atom is 0.342 e. The highest BCUT2D eigenvalue weighted by Crippen LogP contribution is 2.40. The number of hydrogen-bond acceptors (Lipinski definition) is 5. The van der Waals surface area contributed by atoms with E-state index in [0.29, 0.717) is 11.3 Å². The van der Waals surface area contributed by atoms with Crippen molar-refractivity contribution in [2.45, 2.75) is 6.61 Å². The second-order valence-electron chi connectivity index (χ2n) is 4.69. The molecular formula is C17H16ClFO5. The minimum absolute atomic E-state index is 0.102. The van der Waals surface area contributed by atoms with Gasteiger partial charge in [0.25, 0.3) is 0 Å². The fourth-order valence-corrected chi connectivity index (χ4v) is 2.34. The lowest BCUT2D eigenvalue weighted by Crippen LogP contribution is -2.09. The average Bonchev–Trinajstić information content (AvgIpc) is 2.59. The van der Waals surface area contributed by atoms with Crippen LogP contribution in [0.3, 0.4) is 0 Å². The average molecular weight is 355 g/mol. The molecule has 2 rings (SSSR count). The van der Waals surface area contributed by atoms with E-state index in [2.05, 4.69) is 0 Å². The number of hydrogen-bond donors (Lipinski definition) is 0. The van der Waals surface area contributed by atoms with Gasteiger partial charge in [0.1, 0.15) is 18.0 Å². The van der Waals surface area contributed by atoms with E-state index in [9.17, 15) is 9.18 Å². The number of ether oxygens (including phenoxy) is 4. The van der Waals surface area contributed by atoms with Crippen LogP contribution >= 0.6 is 11.6 Å². The lowest BCUT2D eigenvalue weighted by atomic mass is 10.1. The Labute approximate surface area is 143 Å². The molecule has 0 radical (unpaired) electrons. The van der Waals surface area contributed by atoms with E-state index in [1.165, 1.54) is 39.5 Å². The fraction of sp³-hybridized carbons (Fsp3) is 0.235. The third kappa shape index (κ3) is 3.71. The van der Waals surface area contributed by atoms with Crippen molar-refractivity contribution in [3.63, 3.8) is 0 Å². The molecule has 0 spiro atoms. The minimum Gasteiger partial charge on any atom is -0.493 e. The first kappa shape index (κ1) is 17.9. The van der Waals surface area contributed by atoms with Crippen LogP contribution in [0.1, 0.15) is 15.9 Å². The number of halogens is 2. The van der Waals surface area contributed by atoms with E-state index in [1.54, 1.807) is 6.07 Å². The molecule has 0 unspecified atom stereocenters. The number of methoxy groups -OCH3 is 3. The Bertz CT molecular complexity index is 748. The van der Waals surface area contributed by atoms with Crippen LogP contribution in [-0.4, -0.2) is 27.3 Å². The maximum absolute atomic E-state index is 13.0. The summed E-state index contributed by atoms with van der Waals surface area (Å²) in [6.45, 7) is -0.102. The fourth-order valence-electron chi connectivity index (χ4n) is 2.12. The van der Waals surface area contributed by atoms with Gasteiger partial charge >= 0.3 is 5.97 Å². The summed E-state index contributed by atoms with van der Waals surface area (Å²) in [4.78, 5) is 12.3. The summed E-state index contributed by atoms with van der Waals surface area (Å²) in [6, 6.07) is 6.93. The molecule has 0 aliphatic rings. The molecule has 0 aliphatic heterocycles. The van der Waals surface area contributed by atoms with Crippen molar-refractivity contribution in [2.75, 3.05) is 21.3 Å². The third-order valence-electron chi connectivity index (χ3n) is 3.30. The highest BCUT2D eigenvalue weighted by atomic mass is 35.5. The molecule has 7 heteroatoms. The van der Waals surface area contributed by atoms with Gasteiger partial charge in [0.15, 0.2) is 11.5 Å². The molecule has 0 saturated heterocycles. The van der Waals surface area contributed by atoms with Crippen LogP contribution < -0.4 is 14.2 Å². The van der Waals surface area contributed by atoms with Crippen LogP contribution in [0.25, 0.3) is 0 Å². The monoisotopic (exact) mass is 354 g/mol. The third-order valence-corrected chi connectivity index (χ3v) is 3.65. The molecule has 2 aromatic carbocycles. The van der Waals surface area contributed by atoms with E-state index in [0.717, 1.165) is 6.07 Å². The SMILES string of the molecule is COc1ccc(C(=O)OCc2ccc(F)cc2Cl)c(OC)c1OC. The van der Waals surface area contributed by atoms with Crippen molar-refractivity contribution < 1.29 is 28.1 Å². The van der Waals surface area contributed by atoms with Crippen molar-refractivity contribution in [3.8, 4) is 17.2 Å². The minimum atomic E-state index is -0.631. The van der Waals surface area contributed by atoms with E-state index < -0.39 is 11.8 Å². The van der Waals surface area contributed by atoms with Crippen LogP contribution in [0.5, 0.6) is 17.2 Å². The molecule has 0 aliphatic carbocycles. The highest BCUT2D eigenvalue weighted by Gasteiger charge is 2.22. The molecule has 0 saturated carbocycles. The first-order valence-corrected chi connectivity index (χ1v) is 7.29. The maximum atomic E-state index is 13.0. The van der Waals surface area contributed by atoms with Crippen molar-refractivity contribution >= 4 is 17.6 Å². The summed E-state index contributed by atoms with van der Waals surface area (Å²) in [5.41, 5.74) is 0.666. The Morgan fingerprint density at radius 3 is 2.33 bits per heavy atom. The molecular weight excluding hydrogens is 339 g/mol. The van der Waals surface area contributed by atoms with Crippen LogP contribution in [0.4, 0.5) is 4.39 Å². The van der Waals surface area contributed by atoms with Gasteiger partial charge in [0.2, 0.25) is 5.75 Å². The number of benzene rings is 2. The Hall–Kier alpha value is -2.47. The second kappa shape index (κ2) is 7.88. The molecule has 24 heavy (non-hydrogen) atoms. The quantitative estimate of drug-likeness (QED) is 0.737. The zero-order valence-electron chi connectivity index (χ0n) is 13.4. The van der Waals surface area contributed by atoms with Gasteiger partial charge in [-0.15, -0.1) is 0 Å². The zero-order chi connectivity index (χ0) is 17.7. The Morgan fingerprint density at radius 2 is 1.75 bits per heavy atom. The predicted octanol–water partition coefficient (Wildman–Crippen LogP) is 3.86. The van der Waals surface area contributed by atoms with Gasteiger partial charge in [-0.2, -0.15) is 0 Å². The standard InChI is InChI=1S/C17H16ClFO5/c1-21-14-7-6-12(15(22-2)16(14)23-3)17(20)24-9-10-4-5-11(19)8-13(10)18/h4-8H,9H2,1-3H3. The normalized spacial score (nSPS) is 10.2. The zero-order valence-corrected chi connectivity index (χ0v) is 14.1. The molecule has 0 atom stereocenters. The Kier molecular flexibility index (Phi) is 5.87. The summed E-state index contributed by atoms with van der Waals surface area (Å²) in [5.74, 6) is -0.182. The lowest BCUT2D eigenvalue weighted by Gasteiger charge is -2.15. The van der Waals surface area contributed by atoms with Crippen LogP contribution in [-0.2, 0) is 11.3 Å². The molecule has 5 nitrogen and oxygen atoms in total. The number of carbonyl (C=O) groups excluding carboxylic acids is 1. The number of esters is 1. The topological polar surface area (TPSA) is 54.0 Å². The van der Waals surface area contributed by atoms with Gasteiger partial charge in [-0.05, 0) is 24.3 Å². The van der Waals surface area contributed by atoms with Crippen molar-refractivity contribution in [1.82, 2.24) is 0 Å². The van der Waals surface area contributed by atoms with Gasteiger partial charge in [0.05, 0.1) is 26.4 Å². The molecule has 0 aromatic heterocycles. The smallest absolute Gasteiger partial charge is 0.342 e. The molecule has 0 fully saturated rings. The largest absolute Gasteiger partial charge is 0.493 e. The summed E-state index contributed by atoms with van der Waals surface area (Å²) in [5, 5.41) is 0.182. The van der Waals surface area contributed by atoms with Crippen LogP contribution in [0.2, 0.25) is 5.02 Å². The molecule has 0 bridgehead atoms. The summed E-state index contributed by atoms with van der Waals surface area (Å²) in [6.07, 6.45) is 0. The van der Waals surface area contributed by atoms with Gasteiger partial charge in [-0.3, -0.25) is 0 Å². The Morgan fingerprint density at radius 1 is 1.04 bits per heavy atom. The van der Waals surface area contributed by atoms with Crippen molar-refractivity contribution in [3.05, 3.63) is 52.3 Å². The van der Waals surface area contributed by atoms with E-state index in [1.807, 2.05) is 0 Å². The summed E-state index contributed by atoms with van der Waals surface area (Å²) >= 11 is 5.91. The van der Waals surface area contributed by atoms with Gasteiger partial charge in [0, 0.05) is 5.56 Å². The molecule has 128 valence electrons. The van der Waals surface area contributed by atoms with Gasteiger partial charge in [-0.25, -0.2) is 9.18 Å². The Balaban J connectivity index is 2.23. The first-order chi connectivity index (χ1) is 11.5. The molecule has 0 amide bonds. The van der Waals surface area contributed by atoms with Gasteiger partial charge in [-0.1, -0.05) is 17.7 Å². The molecule has 0 heterocycles. The highest BCUT2D eigenvalue weighted by molar-refractivity contribution is 6.31. The second-order valence-corrected chi connectivity index (χ2v) is 5.10. The summed E-state index contributed by atoms with van der Waals surface area (Å²) < 4.78 is 33.9.